The molecule has 234 valence electrons. The highest BCUT2D eigenvalue weighted by molar-refractivity contribution is 5.44. The van der Waals surface area contributed by atoms with Gasteiger partial charge < -0.3 is 35.5 Å². The maximum atomic E-state index is 10.4. The maximum Gasteiger partial charge on any atom is 0.161 e. The van der Waals surface area contributed by atoms with Crippen molar-refractivity contribution in [3.8, 4) is 17.2 Å². The fraction of sp³-hybridized carbons (Fsp3) is 0.211. The molecule has 7 heteroatoms. The molecule has 2 atom stereocenters. The van der Waals surface area contributed by atoms with E-state index in [0.717, 1.165) is 29.0 Å². The van der Waals surface area contributed by atoms with Gasteiger partial charge in [0.25, 0.3) is 0 Å². The van der Waals surface area contributed by atoms with E-state index in [1.165, 1.54) is 12.5 Å². The Bertz CT molecular complexity index is 1560. The first-order valence-electron chi connectivity index (χ1n) is 14.9. The van der Waals surface area contributed by atoms with Gasteiger partial charge in [-0.2, -0.15) is 0 Å². The van der Waals surface area contributed by atoms with Gasteiger partial charge in [-0.05, 0) is 53.4 Å². The topological polar surface area (TPSA) is 106 Å². The van der Waals surface area contributed by atoms with Crippen molar-refractivity contribution in [1.82, 2.24) is 5.32 Å². The normalized spacial score (nSPS) is 12.6. The maximum absolute atomic E-state index is 10.4. The summed E-state index contributed by atoms with van der Waals surface area (Å²) in [5.74, 6) is 1.93. The van der Waals surface area contributed by atoms with Crippen molar-refractivity contribution in [2.24, 2.45) is 5.73 Å². The molecule has 5 N–H and O–H groups in total. The van der Waals surface area contributed by atoms with Crippen molar-refractivity contribution in [1.29, 1.82) is 0 Å². The minimum absolute atomic E-state index is 0.454. The van der Waals surface area contributed by atoms with Gasteiger partial charge in [-0.1, -0.05) is 109 Å². The van der Waals surface area contributed by atoms with E-state index >= 15 is 0 Å². The van der Waals surface area contributed by atoms with E-state index in [1.807, 2.05) is 103 Å². The molecule has 0 bridgehead atoms. The summed E-state index contributed by atoms with van der Waals surface area (Å²) in [4.78, 5) is 0. The number of nitrogens with one attached hydrogen (secondary N) is 1. The Morgan fingerprint density at radius 2 is 1.27 bits per heavy atom. The van der Waals surface area contributed by atoms with Gasteiger partial charge in [0, 0.05) is 18.7 Å². The quantitative estimate of drug-likeness (QED) is 0.114. The van der Waals surface area contributed by atoms with E-state index < -0.39 is 11.8 Å². The smallest absolute Gasteiger partial charge is 0.161 e. The van der Waals surface area contributed by atoms with E-state index in [0.29, 0.717) is 36.8 Å². The number of hydrogen-bond acceptors (Lipinski definition) is 7. The number of methoxy groups -OCH3 is 1. The monoisotopic (exact) mass is 606 g/mol. The molecular formula is C38H42N2O5. The standard InChI is InChI=1S/C22H23NO2.C16H19NO3/c24-22(16-23-15-18-8-3-1-4-9-18)20-12-7-13-21(14-20)25-17-19-10-5-2-6-11-19;1-16(17,18)13-8-9-14(15(10-13)19-2)20-11-12-6-4-3-5-7-12/h1-14,22-24H,15-17H2;3-10,18H,11,17H2,1-2H3. The highest BCUT2D eigenvalue weighted by Gasteiger charge is 2.19. The Hall–Kier alpha value is -4.66. The molecule has 5 aromatic carbocycles. The molecule has 0 aliphatic carbocycles. The first-order chi connectivity index (χ1) is 21.8. The summed E-state index contributed by atoms with van der Waals surface area (Å²) in [7, 11) is 1.56. The van der Waals surface area contributed by atoms with Crippen LogP contribution in [-0.4, -0.2) is 23.9 Å². The third-order valence-corrected chi connectivity index (χ3v) is 6.99. The summed E-state index contributed by atoms with van der Waals surface area (Å²) in [6.07, 6.45) is -0.566. The van der Waals surface area contributed by atoms with Crippen LogP contribution in [0.4, 0.5) is 0 Å². The Morgan fingerprint density at radius 3 is 1.84 bits per heavy atom. The molecule has 2 unspecified atom stereocenters. The van der Waals surface area contributed by atoms with Crippen molar-refractivity contribution < 1.29 is 24.4 Å². The molecule has 0 fully saturated rings. The predicted molar refractivity (Wildman–Crippen MR) is 178 cm³/mol. The van der Waals surface area contributed by atoms with E-state index in [9.17, 15) is 10.2 Å². The highest BCUT2D eigenvalue weighted by atomic mass is 16.5. The van der Waals surface area contributed by atoms with Crippen LogP contribution in [0.2, 0.25) is 0 Å². The summed E-state index contributed by atoms with van der Waals surface area (Å²) in [5.41, 5.74) is 9.08. The molecule has 0 aliphatic rings. The second kappa shape index (κ2) is 17.0. The van der Waals surface area contributed by atoms with Gasteiger partial charge in [0.1, 0.15) is 24.7 Å². The van der Waals surface area contributed by atoms with Crippen molar-refractivity contribution in [3.63, 3.8) is 0 Å². The summed E-state index contributed by atoms with van der Waals surface area (Å²) in [6, 6.07) is 42.9. The summed E-state index contributed by atoms with van der Waals surface area (Å²) in [5, 5.41) is 23.5. The van der Waals surface area contributed by atoms with Crippen LogP contribution in [0.25, 0.3) is 0 Å². The van der Waals surface area contributed by atoms with E-state index in [-0.39, 0.29) is 0 Å². The number of nitrogens with two attached hydrogens (primary N) is 1. The van der Waals surface area contributed by atoms with Gasteiger partial charge in [-0.15, -0.1) is 0 Å². The lowest BCUT2D eigenvalue weighted by Gasteiger charge is -2.19. The molecule has 0 aliphatic heterocycles. The Kier molecular flexibility index (Phi) is 12.5. The second-order valence-corrected chi connectivity index (χ2v) is 10.8. The number of rotatable bonds is 13. The summed E-state index contributed by atoms with van der Waals surface area (Å²) >= 11 is 0. The number of aliphatic hydroxyl groups excluding tert-OH is 1. The number of aliphatic hydroxyl groups is 2. The molecule has 0 saturated carbocycles. The van der Waals surface area contributed by atoms with Crippen molar-refractivity contribution >= 4 is 0 Å². The minimum atomic E-state index is -1.40. The zero-order valence-corrected chi connectivity index (χ0v) is 25.8. The molecule has 5 rings (SSSR count). The average molecular weight is 607 g/mol. The third kappa shape index (κ3) is 11.1. The lowest BCUT2D eigenvalue weighted by atomic mass is 10.1. The molecule has 0 aromatic heterocycles. The number of ether oxygens (including phenoxy) is 3. The Balaban J connectivity index is 0.000000210. The fourth-order valence-corrected chi connectivity index (χ4v) is 4.46. The molecule has 0 saturated heterocycles. The fourth-order valence-electron chi connectivity index (χ4n) is 4.46. The predicted octanol–water partition coefficient (Wildman–Crippen LogP) is 6.49. The van der Waals surface area contributed by atoms with Crippen molar-refractivity contribution in [2.75, 3.05) is 13.7 Å². The van der Waals surface area contributed by atoms with Crippen LogP contribution in [0.3, 0.4) is 0 Å². The van der Waals surface area contributed by atoms with Crippen molar-refractivity contribution in [3.05, 3.63) is 161 Å². The van der Waals surface area contributed by atoms with E-state index in [1.54, 1.807) is 25.3 Å². The SMILES string of the molecule is COc1cc(C(C)(N)O)ccc1OCc1ccccc1.OC(CNCc1ccccc1)c1cccc(OCc2ccccc2)c1. The summed E-state index contributed by atoms with van der Waals surface area (Å²) < 4.78 is 16.8. The van der Waals surface area contributed by atoms with Gasteiger partial charge in [-0.25, -0.2) is 0 Å². The molecule has 7 nitrogen and oxygen atoms in total. The van der Waals surface area contributed by atoms with E-state index in [4.69, 9.17) is 19.9 Å². The van der Waals surface area contributed by atoms with Crippen LogP contribution in [0, 0.1) is 0 Å². The minimum Gasteiger partial charge on any atom is -0.493 e. The molecular weight excluding hydrogens is 564 g/mol. The van der Waals surface area contributed by atoms with Crippen LogP contribution in [0.15, 0.2) is 133 Å². The lowest BCUT2D eigenvalue weighted by Crippen LogP contribution is -2.32. The van der Waals surface area contributed by atoms with Gasteiger partial charge in [0.05, 0.1) is 13.2 Å². The zero-order chi connectivity index (χ0) is 31.9. The number of hydrogen-bond donors (Lipinski definition) is 4. The zero-order valence-electron chi connectivity index (χ0n) is 25.8. The molecule has 0 amide bonds. The van der Waals surface area contributed by atoms with Crippen LogP contribution >= 0.6 is 0 Å². The Morgan fingerprint density at radius 1 is 0.689 bits per heavy atom. The van der Waals surface area contributed by atoms with Crippen LogP contribution in [0.1, 0.15) is 40.8 Å². The van der Waals surface area contributed by atoms with Gasteiger partial charge >= 0.3 is 0 Å². The van der Waals surface area contributed by atoms with Gasteiger partial charge in [0.15, 0.2) is 11.5 Å². The molecule has 0 radical (unpaired) electrons. The van der Waals surface area contributed by atoms with Crippen LogP contribution in [0.5, 0.6) is 17.2 Å². The first kappa shape index (κ1) is 33.2. The average Bonchev–Trinajstić information content (AvgIpc) is 3.07. The van der Waals surface area contributed by atoms with Crippen molar-refractivity contribution in [2.45, 2.75) is 38.5 Å². The van der Waals surface area contributed by atoms with E-state index in [2.05, 4.69) is 17.4 Å². The number of benzene rings is 5. The summed E-state index contributed by atoms with van der Waals surface area (Å²) in [6.45, 7) is 3.73. The van der Waals surface area contributed by atoms with Gasteiger partial charge in [0.2, 0.25) is 0 Å². The van der Waals surface area contributed by atoms with Gasteiger partial charge in [-0.3, -0.25) is 0 Å². The molecule has 0 heterocycles. The Labute approximate surface area is 265 Å². The largest absolute Gasteiger partial charge is 0.493 e. The van der Waals surface area contributed by atoms with Crippen LogP contribution in [-0.2, 0) is 25.5 Å². The molecule has 5 aromatic rings. The second-order valence-electron chi connectivity index (χ2n) is 10.8. The first-order valence-corrected chi connectivity index (χ1v) is 14.9. The van der Waals surface area contributed by atoms with Crippen LogP contribution < -0.4 is 25.3 Å². The lowest BCUT2D eigenvalue weighted by molar-refractivity contribution is 0.0643. The molecule has 45 heavy (non-hydrogen) atoms. The third-order valence-electron chi connectivity index (χ3n) is 6.99. The highest BCUT2D eigenvalue weighted by Crippen LogP contribution is 2.31. The molecule has 0 spiro atoms.